The van der Waals surface area contributed by atoms with E-state index >= 15 is 0 Å². The van der Waals surface area contributed by atoms with Gasteiger partial charge in [-0.05, 0) is 36.6 Å². The summed E-state index contributed by atoms with van der Waals surface area (Å²) >= 11 is 0. The summed E-state index contributed by atoms with van der Waals surface area (Å²) in [6.07, 6.45) is 5.09. The van der Waals surface area contributed by atoms with Crippen LogP contribution in [-0.2, 0) is 11.2 Å². The molecule has 0 bridgehead atoms. The zero-order valence-electron chi connectivity index (χ0n) is 9.91. The molecule has 0 aliphatic carbocycles. The molecule has 2 aromatic heterocycles. The normalized spacial score (nSPS) is 10.2. The molecule has 0 aliphatic heterocycles. The van der Waals surface area contributed by atoms with Crippen LogP contribution in [0.3, 0.4) is 0 Å². The van der Waals surface area contributed by atoms with Gasteiger partial charge in [0.1, 0.15) is 0 Å². The minimum absolute atomic E-state index is 0.196. The van der Waals surface area contributed by atoms with Crippen molar-refractivity contribution in [2.24, 2.45) is 0 Å². The Morgan fingerprint density at radius 2 is 1.94 bits per heavy atom. The number of carboxylic acid groups (broad SMARTS) is 1. The van der Waals surface area contributed by atoms with Crippen LogP contribution in [0, 0.1) is 0 Å². The number of aliphatic carboxylic acids is 1. The minimum atomic E-state index is -0.756. The molecule has 0 radical (unpaired) electrons. The van der Waals surface area contributed by atoms with Gasteiger partial charge in [-0.1, -0.05) is 12.1 Å². The first-order chi connectivity index (χ1) is 8.75. The van der Waals surface area contributed by atoms with Crippen molar-refractivity contribution in [1.82, 2.24) is 9.97 Å². The topological polar surface area (TPSA) is 63.1 Å². The third-order valence-corrected chi connectivity index (χ3v) is 2.61. The second-order valence-corrected chi connectivity index (χ2v) is 4.01. The van der Waals surface area contributed by atoms with Crippen LogP contribution in [0.4, 0.5) is 0 Å². The predicted octanol–water partition coefficient (Wildman–Crippen LogP) is 2.55. The third kappa shape index (κ3) is 3.38. The van der Waals surface area contributed by atoms with Gasteiger partial charge in [-0.3, -0.25) is 14.8 Å². The van der Waals surface area contributed by atoms with Gasteiger partial charge in [0.05, 0.1) is 11.4 Å². The van der Waals surface area contributed by atoms with E-state index in [-0.39, 0.29) is 6.42 Å². The van der Waals surface area contributed by atoms with Crippen LogP contribution in [-0.4, -0.2) is 21.0 Å². The monoisotopic (exact) mass is 242 g/mol. The van der Waals surface area contributed by atoms with Crippen molar-refractivity contribution in [3.63, 3.8) is 0 Å². The lowest BCUT2D eigenvalue weighted by Crippen LogP contribution is -1.96. The number of hydrogen-bond acceptors (Lipinski definition) is 3. The Labute approximate surface area is 105 Å². The molecule has 1 N–H and O–H groups in total. The van der Waals surface area contributed by atoms with Gasteiger partial charge in [0.25, 0.3) is 0 Å². The Morgan fingerprint density at radius 3 is 2.56 bits per heavy atom. The molecule has 0 unspecified atom stereocenters. The third-order valence-electron chi connectivity index (χ3n) is 2.61. The summed E-state index contributed by atoms with van der Waals surface area (Å²) in [5, 5.41) is 8.56. The van der Waals surface area contributed by atoms with Crippen molar-refractivity contribution in [1.29, 1.82) is 0 Å². The van der Waals surface area contributed by atoms with Crippen LogP contribution in [0.15, 0.2) is 42.7 Å². The van der Waals surface area contributed by atoms with Crippen molar-refractivity contribution in [2.75, 3.05) is 0 Å². The molecule has 0 aromatic carbocycles. The van der Waals surface area contributed by atoms with Crippen LogP contribution >= 0.6 is 0 Å². The SMILES string of the molecule is O=C(O)CCCc1ccc(-c2ccccn2)nc1. The number of pyridine rings is 2. The van der Waals surface area contributed by atoms with E-state index in [2.05, 4.69) is 9.97 Å². The molecule has 0 saturated carbocycles. The quantitative estimate of drug-likeness (QED) is 0.875. The molecule has 92 valence electrons. The van der Waals surface area contributed by atoms with Gasteiger partial charge in [-0.2, -0.15) is 0 Å². The highest BCUT2D eigenvalue weighted by Crippen LogP contribution is 2.14. The second-order valence-electron chi connectivity index (χ2n) is 4.01. The molecule has 0 aliphatic rings. The van der Waals surface area contributed by atoms with Crippen LogP contribution in [0.25, 0.3) is 11.4 Å². The Bertz CT molecular complexity index is 509. The van der Waals surface area contributed by atoms with E-state index in [1.165, 1.54) is 0 Å². The standard InChI is InChI=1S/C14H14N2O2/c17-14(18)6-3-4-11-7-8-13(16-10-11)12-5-1-2-9-15-12/h1-2,5,7-10H,3-4,6H2,(H,17,18). The molecule has 2 aromatic rings. The minimum Gasteiger partial charge on any atom is -0.481 e. The summed E-state index contributed by atoms with van der Waals surface area (Å²) in [7, 11) is 0. The van der Waals surface area contributed by atoms with Crippen molar-refractivity contribution in [2.45, 2.75) is 19.3 Å². The van der Waals surface area contributed by atoms with Crippen LogP contribution in [0.5, 0.6) is 0 Å². The first kappa shape index (κ1) is 12.2. The molecule has 2 heterocycles. The van der Waals surface area contributed by atoms with Crippen LogP contribution < -0.4 is 0 Å². The molecule has 2 rings (SSSR count). The average Bonchev–Trinajstić information content (AvgIpc) is 2.40. The van der Waals surface area contributed by atoms with Gasteiger partial charge in [0.15, 0.2) is 0 Å². The van der Waals surface area contributed by atoms with Crippen molar-refractivity contribution in [3.8, 4) is 11.4 Å². The molecular formula is C14H14N2O2. The zero-order valence-corrected chi connectivity index (χ0v) is 9.91. The van der Waals surface area contributed by atoms with Crippen LogP contribution in [0.2, 0.25) is 0 Å². The fourth-order valence-corrected chi connectivity index (χ4v) is 1.68. The molecule has 0 spiro atoms. The summed E-state index contributed by atoms with van der Waals surface area (Å²) in [5.74, 6) is -0.756. The van der Waals surface area contributed by atoms with E-state index in [1.807, 2.05) is 30.3 Å². The van der Waals surface area contributed by atoms with E-state index in [1.54, 1.807) is 12.4 Å². The number of aromatic nitrogens is 2. The Balaban J connectivity index is 2.00. The Kier molecular flexibility index (Phi) is 4.02. The number of carbonyl (C=O) groups is 1. The summed E-state index contributed by atoms with van der Waals surface area (Å²) in [5.41, 5.74) is 2.73. The lowest BCUT2D eigenvalue weighted by Gasteiger charge is -2.02. The number of nitrogens with zero attached hydrogens (tertiary/aromatic N) is 2. The van der Waals surface area contributed by atoms with E-state index in [0.717, 1.165) is 23.4 Å². The van der Waals surface area contributed by atoms with Crippen molar-refractivity contribution in [3.05, 3.63) is 48.3 Å². The maximum Gasteiger partial charge on any atom is 0.303 e. The molecule has 4 nitrogen and oxygen atoms in total. The molecule has 4 heteroatoms. The largest absolute Gasteiger partial charge is 0.481 e. The molecule has 0 amide bonds. The van der Waals surface area contributed by atoms with Gasteiger partial charge < -0.3 is 5.11 Å². The zero-order chi connectivity index (χ0) is 12.8. The maximum absolute atomic E-state index is 10.4. The average molecular weight is 242 g/mol. The summed E-state index contributed by atoms with van der Waals surface area (Å²) < 4.78 is 0. The first-order valence-corrected chi connectivity index (χ1v) is 5.84. The number of rotatable bonds is 5. The fraction of sp³-hybridized carbons (Fsp3) is 0.214. The molecule has 0 saturated heterocycles. The van der Waals surface area contributed by atoms with E-state index < -0.39 is 5.97 Å². The van der Waals surface area contributed by atoms with Gasteiger partial charge in [-0.25, -0.2) is 0 Å². The first-order valence-electron chi connectivity index (χ1n) is 5.84. The van der Waals surface area contributed by atoms with E-state index in [9.17, 15) is 4.79 Å². The summed E-state index contributed by atoms with van der Waals surface area (Å²) in [6.45, 7) is 0. The van der Waals surface area contributed by atoms with Crippen molar-refractivity contribution < 1.29 is 9.90 Å². The van der Waals surface area contributed by atoms with E-state index in [4.69, 9.17) is 5.11 Å². The number of hydrogen-bond donors (Lipinski definition) is 1. The van der Waals surface area contributed by atoms with Crippen LogP contribution in [0.1, 0.15) is 18.4 Å². The lowest BCUT2D eigenvalue weighted by molar-refractivity contribution is -0.137. The lowest BCUT2D eigenvalue weighted by atomic mass is 10.1. The van der Waals surface area contributed by atoms with Gasteiger partial charge in [0.2, 0.25) is 0 Å². The highest BCUT2D eigenvalue weighted by Gasteiger charge is 2.01. The molecule has 18 heavy (non-hydrogen) atoms. The fourth-order valence-electron chi connectivity index (χ4n) is 1.68. The predicted molar refractivity (Wildman–Crippen MR) is 68.0 cm³/mol. The maximum atomic E-state index is 10.4. The number of aryl methyl sites for hydroxylation is 1. The van der Waals surface area contributed by atoms with Gasteiger partial charge >= 0.3 is 5.97 Å². The molecule has 0 fully saturated rings. The Morgan fingerprint density at radius 1 is 1.11 bits per heavy atom. The second kappa shape index (κ2) is 5.91. The number of carboxylic acids is 1. The smallest absolute Gasteiger partial charge is 0.303 e. The Hall–Kier alpha value is -2.23. The molecular weight excluding hydrogens is 228 g/mol. The van der Waals surface area contributed by atoms with Gasteiger partial charge in [-0.15, -0.1) is 0 Å². The summed E-state index contributed by atoms with van der Waals surface area (Å²) in [6, 6.07) is 9.58. The highest BCUT2D eigenvalue weighted by atomic mass is 16.4. The van der Waals surface area contributed by atoms with E-state index in [0.29, 0.717) is 6.42 Å². The van der Waals surface area contributed by atoms with Crippen molar-refractivity contribution >= 4 is 5.97 Å². The summed E-state index contributed by atoms with van der Waals surface area (Å²) in [4.78, 5) is 19.0. The highest BCUT2D eigenvalue weighted by molar-refractivity contribution is 5.66. The van der Waals surface area contributed by atoms with Gasteiger partial charge in [0, 0.05) is 18.8 Å². The molecule has 0 atom stereocenters.